The predicted octanol–water partition coefficient (Wildman–Crippen LogP) is 4.13. The van der Waals surface area contributed by atoms with Crippen molar-refractivity contribution in [2.45, 2.75) is 13.0 Å². The molecule has 6 heteroatoms. The third kappa shape index (κ3) is 4.51. The summed E-state index contributed by atoms with van der Waals surface area (Å²) < 4.78 is 11.2. The van der Waals surface area contributed by atoms with Gasteiger partial charge in [0.05, 0.1) is 30.8 Å². The van der Waals surface area contributed by atoms with Gasteiger partial charge in [0, 0.05) is 18.0 Å². The van der Waals surface area contributed by atoms with Crippen molar-refractivity contribution in [3.05, 3.63) is 76.5 Å². The van der Waals surface area contributed by atoms with Gasteiger partial charge in [-0.2, -0.15) is 0 Å². The van der Waals surface area contributed by atoms with E-state index in [1.165, 1.54) is 6.07 Å². The van der Waals surface area contributed by atoms with E-state index in [2.05, 4.69) is 4.98 Å². The molecular weight excluding hydrogens is 320 g/mol. The molecule has 0 radical (unpaired) electrons. The molecule has 3 rings (SSSR count). The Kier molecular flexibility index (Phi) is 5.53. The van der Waals surface area contributed by atoms with Gasteiger partial charge in [0.25, 0.3) is 5.69 Å². The first-order valence-corrected chi connectivity index (χ1v) is 8.01. The van der Waals surface area contributed by atoms with Gasteiger partial charge in [0.2, 0.25) is 0 Å². The maximum Gasteiger partial charge on any atom is 0.299 e. The molecule has 0 N–H and O–H groups in total. The highest BCUT2D eigenvalue weighted by Crippen LogP contribution is 2.29. The zero-order valence-electron chi connectivity index (χ0n) is 13.6. The van der Waals surface area contributed by atoms with Gasteiger partial charge in [-0.1, -0.05) is 36.4 Å². The lowest BCUT2D eigenvalue weighted by molar-refractivity contribution is -0.383. The number of pyridine rings is 1. The summed E-state index contributed by atoms with van der Waals surface area (Å²) in [7, 11) is 0. The third-order valence-corrected chi connectivity index (χ3v) is 3.67. The van der Waals surface area contributed by atoms with Gasteiger partial charge in [-0.15, -0.1) is 0 Å². The molecule has 0 spiro atoms. The van der Waals surface area contributed by atoms with E-state index in [9.17, 15) is 10.1 Å². The zero-order valence-corrected chi connectivity index (χ0v) is 13.6. The van der Waals surface area contributed by atoms with Gasteiger partial charge < -0.3 is 9.47 Å². The molecule has 0 saturated heterocycles. The van der Waals surface area contributed by atoms with E-state index in [1.54, 1.807) is 24.4 Å². The minimum atomic E-state index is -0.439. The Morgan fingerprint density at radius 1 is 1.04 bits per heavy atom. The molecule has 0 atom stereocenters. The van der Waals surface area contributed by atoms with E-state index in [0.717, 1.165) is 5.56 Å². The molecule has 0 aliphatic rings. The van der Waals surface area contributed by atoms with Crippen LogP contribution in [0.25, 0.3) is 10.9 Å². The number of non-ortho nitro benzene ring substituents is 1. The molecule has 0 saturated carbocycles. The van der Waals surface area contributed by atoms with Crippen LogP contribution in [0.2, 0.25) is 0 Å². The van der Waals surface area contributed by atoms with Crippen LogP contribution >= 0.6 is 0 Å². The smallest absolute Gasteiger partial charge is 0.299 e. The number of benzene rings is 2. The molecule has 1 aromatic heterocycles. The van der Waals surface area contributed by atoms with Crippen LogP contribution in [-0.4, -0.2) is 23.1 Å². The Bertz CT molecular complexity index is 852. The lowest BCUT2D eigenvalue weighted by Crippen LogP contribution is -2.04. The van der Waals surface area contributed by atoms with Gasteiger partial charge in [-0.25, -0.2) is 4.98 Å². The number of hydrogen-bond acceptors (Lipinski definition) is 5. The summed E-state index contributed by atoms with van der Waals surface area (Å²) in [6, 6.07) is 16.7. The van der Waals surface area contributed by atoms with Crippen LogP contribution in [0.4, 0.5) is 5.69 Å². The van der Waals surface area contributed by atoms with Gasteiger partial charge in [0.15, 0.2) is 0 Å². The fourth-order valence-corrected chi connectivity index (χ4v) is 2.48. The third-order valence-electron chi connectivity index (χ3n) is 3.67. The highest BCUT2D eigenvalue weighted by Gasteiger charge is 2.15. The summed E-state index contributed by atoms with van der Waals surface area (Å²) in [4.78, 5) is 14.8. The monoisotopic (exact) mass is 338 g/mol. The number of aromatic nitrogens is 1. The summed E-state index contributed by atoms with van der Waals surface area (Å²) in [6.45, 7) is 1.55. The van der Waals surface area contributed by atoms with E-state index < -0.39 is 4.92 Å². The second-order valence-electron chi connectivity index (χ2n) is 5.51. The van der Waals surface area contributed by atoms with E-state index >= 15 is 0 Å². The number of nitro groups is 1. The van der Waals surface area contributed by atoms with Crippen LogP contribution in [0.15, 0.2) is 60.8 Å². The molecule has 3 aromatic rings. The topological polar surface area (TPSA) is 74.5 Å². The standard InChI is InChI=1S/C19H18N2O4/c22-21(23)18-13-17(12-16-8-4-9-20-19(16)18)25-11-5-10-24-14-15-6-2-1-3-7-15/h1-4,6-9,12-13H,5,10-11,14H2. The molecule has 0 bridgehead atoms. The lowest BCUT2D eigenvalue weighted by Gasteiger charge is -2.08. The van der Waals surface area contributed by atoms with Crippen LogP contribution in [0.1, 0.15) is 12.0 Å². The maximum absolute atomic E-state index is 11.2. The van der Waals surface area contributed by atoms with Crippen LogP contribution < -0.4 is 4.74 Å². The molecular formula is C19H18N2O4. The zero-order chi connectivity index (χ0) is 17.5. The maximum atomic E-state index is 11.2. The highest BCUT2D eigenvalue weighted by molar-refractivity contribution is 5.88. The van der Waals surface area contributed by atoms with E-state index in [0.29, 0.717) is 42.9 Å². The minimum Gasteiger partial charge on any atom is -0.493 e. The molecule has 0 amide bonds. The molecule has 128 valence electrons. The Hall–Kier alpha value is -2.99. The summed E-state index contributed by atoms with van der Waals surface area (Å²) in [5, 5.41) is 11.9. The second kappa shape index (κ2) is 8.21. The Morgan fingerprint density at radius 3 is 2.68 bits per heavy atom. The highest BCUT2D eigenvalue weighted by atomic mass is 16.6. The van der Waals surface area contributed by atoms with Gasteiger partial charge in [0.1, 0.15) is 11.3 Å². The summed E-state index contributed by atoms with van der Waals surface area (Å²) >= 11 is 0. The summed E-state index contributed by atoms with van der Waals surface area (Å²) in [5.41, 5.74) is 1.44. The molecule has 2 aromatic carbocycles. The van der Waals surface area contributed by atoms with Crippen molar-refractivity contribution in [1.29, 1.82) is 0 Å². The summed E-state index contributed by atoms with van der Waals surface area (Å²) in [5.74, 6) is 0.468. The van der Waals surface area contributed by atoms with Crippen molar-refractivity contribution in [2.24, 2.45) is 0 Å². The quantitative estimate of drug-likeness (QED) is 0.351. The van der Waals surface area contributed by atoms with Gasteiger partial charge in [-0.3, -0.25) is 10.1 Å². The number of rotatable bonds is 8. The minimum absolute atomic E-state index is 0.0478. The molecule has 0 unspecified atom stereocenters. The molecule has 6 nitrogen and oxygen atoms in total. The van der Waals surface area contributed by atoms with Crippen LogP contribution in [-0.2, 0) is 11.3 Å². The molecule has 25 heavy (non-hydrogen) atoms. The average Bonchev–Trinajstić information content (AvgIpc) is 2.64. The lowest BCUT2D eigenvalue weighted by atomic mass is 10.2. The molecule has 0 fully saturated rings. The first kappa shape index (κ1) is 16.9. The number of hydrogen-bond donors (Lipinski definition) is 0. The fourth-order valence-electron chi connectivity index (χ4n) is 2.48. The molecule has 1 heterocycles. The van der Waals surface area contributed by atoms with Crippen LogP contribution in [0, 0.1) is 10.1 Å². The Morgan fingerprint density at radius 2 is 1.88 bits per heavy atom. The van der Waals surface area contributed by atoms with E-state index in [4.69, 9.17) is 9.47 Å². The first-order chi connectivity index (χ1) is 12.2. The molecule has 0 aliphatic carbocycles. The normalized spacial score (nSPS) is 10.7. The van der Waals surface area contributed by atoms with Crippen molar-refractivity contribution in [3.63, 3.8) is 0 Å². The predicted molar refractivity (Wildman–Crippen MR) is 94.6 cm³/mol. The van der Waals surface area contributed by atoms with Crippen molar-refractivity contribution >= 4 is 16.6 Å². The van der Waals surface area contributed by atoms with E-state index in [-0.39, 0.29) is 5.69 Å². The van der Waals surface area contributed by atoms with Crippen molar-refractivity contribution in [2.75, 3.05) is 13.2 Å². The number of nitrogens with zero attached hydrogens (tertiary/aromatic N) is 2. The number of fused-ring (bicyclic) bond motifs is 1. The number of ether oxygens (including phenoxy) is 2. The SMILES string of the molecule is O=[N+]([O-])c1cc(OCCCOCc2ccccc2)cc2cccnc12. The van der Waals surface area contributed by atoms with Gasteiger partial charge in [-0.05, 0) is 17.7 Å². The van der Waals surface area contributed by atoms with E-state index in [1.807, 2.05) is 30.3 Å². The van der Waals surface area contributed by atoms with Crippen molar-refractivity contribution in [3.8, 4) is 5.75 Å². The number of nitro benzene ring substituents is 1. The van der Waals surface area contributed by atoms with Crippen LogP contribution in [0.5, 0.6) is 5.75 Å². The Labute approximate surface area is 145 Å². The largest absolute Gasteiger partial charge is 0.493 e. The fraction of sp³-hybridized carbons (Fsp3) is 0.211. The van der Waals surface area contributed by atoms with Crippen molar-refractivity contribution in [1.82, 2.24) is 4.98 Å². The average molecular weight is 338 g/mol. The summed E-state index contributed by atoms with van der Waals surface area (Å²) in [6.07, 6.45) is 2.24. The van der Waals surface area contributed by atoms with Crippen LogP contribution in [0.3, 0.4) is 0 Å². The van der Waals surface area contributed by atoms with Crippen molar-refractivity contribution < 1.29 is 14.4 Å². The molecule has 0 aliphatic heterocycles. The second-order valence-corrected chi connectivity index (χ2v) is 5.51. The first-order valence-electron chi connectivity index (χ1n) is 8.01. The Balaban J connectivity index is 1.52. The van der Waals surface area contributed by atoms with Gasteiger partial charge >= 0.3 is 0 Å².